The number of amides is 2. The Kier molecular flexibility index (Phi) is 4.90. The molecular weight excluding hydrogens is 372 g/mol. The molecule has 8 nitrogen and oxygen atoms in total. The van der Waals surface area contributed by atoms with E-state index >= 15 is 0 Å². The number of carbonyl (C=O) groups is 4. The van der Waals surface area contributed by atoms with Crippen molar-refractivity contribution in [2.75, 3.05) is 0 Å². The topological polar surface area (TPSA) is 113 Å². The van der Waals surface area contributed by atoms with E-state index < -0.39 is 51.9 Å². The number of carboxylic acid groups (broad SMARTS) is 1. The summed E-state index contributed by atoms with van der Waals surface area (Å²) in [6.07, 6.45) is -1.39. The van der Waals surface area contributed by atoms with Crippen molar-refractivity contribution in [3.8, 4) is 5.75 Å². The molecule has 3 rings (SSSR count). The van der Waals surface area contributed by atoms with Gasteiger partial charge in [-0.15, -0.1) is 11.8 Å². The van der Waals surface area contributed by atoms with E-state index in [2.05, 4.69) is 5.32 Å². The number of para-hydroxylation sites is 1. The smallest absolute Gasteiger partial charge is 0.327 e. The van der Waals surface area contributed by atoms with Crippen LogP contribution in [0.2, 0.25) is 0 Å². The van der Waals surface area contributed by atoms with Crippen LogP contribution in [0.5, 0.6) is 5.75 Å². The van der Waals surface area contributed by atoms with Gasteiger partial charge in [-0.2, -0.15) is 0 Å². The maximum absolute atomic E-state index is 12.5. The first-order valence-corrected chi connectivity index (χ1v) is 9.27. The van der Waals surface area contributed by atoms with Gasteiger partial charge < -0.3 is 20.1 Å². The minimum Gasteiger partial charge on any atom is -0.480 e. The fourth-order valence-corrected chi connectivity index (χ4v) is 4.96. The zero-order valence-electron chi connectivity index (χ0n) is 15.0. The summed E-state index contributed by atoms with van der Waals surface area (Å²) in [7, 11) is 0. The molecule has 1 aromatic rings. The molecule has 2 N–H and O–H groups in total. The number of fused-ring (bicyclic) bond motifs is 1. The van der Waals surface area contributed by atoms with Gasteiger partial charge in [0.25, 0.3) is 5.91 Å². The molecule has 2 aliphatic rings. The van der Waals surface area contributed by atoms with Gasteiger partial charge in [-0.1, -0.05) is 18.2 Å². The first-order chi connectivity index (χ1) is 12.6. The van der Waals surface area contributed by atoms with Gasteiger partial charge in [-0.3, -0.25) is 14.4 Å². The van der Waals surface area contributed by atoms with Gasteiger partial charge in [-0.05, 0) is 32.9 Å². The van der Waals surface area contributed by atoms with Crippen LogP contribution >= 0.6 is 11.8 Å². The number of Topliss-reactive ketones (excluding diaryl/α,β-unsaturated/α-hetero) is 1. The van der Waals surface area contributed by atoms with Crippen molar-refractivity contribution in [2.24, 2.45) is 0 Å². The average Bonchev–Trinajstić information content (AvgIpc) is 2.86. The molecule has 4 atom stereocenters. The van der Waals surface area contributed by atoms with Crippen LogP contribution in [-0.2, 0) is 19.2 Å². The summed E-state index contributed by atoms with van der Waals surface area (Å²) in [4.78, 5) is 49.7. The Labute approximate surface area is 160 Å². The number of ketones is 1. The summed E-state index contributed by atoms with van der Waals surface area (Å²) >= 11 is 1.32. The van der Waals surface area contributed by atoms with Gasteiger partial charge in [0, 0.05) is 4.75 Å². The molecule has 2 amide bonds. The number of aliphatic carboxylic acids is 1. The number of hydrogen-bond acceptors (Lipinski definition) is 6. The van der Waals surface area contributed by atoms with Crippen molar-refractivity contribution >= 4 is 35.3 Å². The van der Waals surface area contributed by atoms with Crippen LogP contribution in [0.15, 0.2) is 30.3 Å². The predicted molar refractivity (Wildman–Crippen MR) is 97.2 cm³/mol. The van der Waals surface area contributed by atoms with Crippen LogP contribution in [0.1, 0.15) is 20.8 Å². The van der Waals surface area contributed by atoms with E-state index in [1.165, 1.54) is 23.6 Å². The van der Waals surface area contributed by atoms with Gasteiger partial charge in [0.1, 0.15) is 23.2 Å². The lowest BCUT2D eigenvalue weighted by Crippen LogP contribution is -2.71. The van der Waals surface area contributed by atoms with Crippen molar-refractivity contribution in [3.63, 3.8) is 0 Å². The number of nitrogens with zero attached hydrogens (tertiary/aromatic N) is 1. The number of benzene rings is 1. The van der Waals surface area contributed by atoms with E-state index in [0.717, 1.165) is 0 Å². The molecule has 0 spiro atoms. The van der Waals surface area contributed by atoms with E-state index in [4.69, 9.17) is 4.74 Å². The fraction of sp³-hybridized carbons (Fsp3) is 0.444. The molecule has 0 bridgehead atoms. The molecule has 144 valence electrons. The summed E-state index contributed by atoms with van der Waals surface area (Å²) in [5, 5.41) is 11.5. The van der Waals surface area contributed by atoms with Gasteiger partial charge in [0.15, 0.2) is 5.78 Å². The van der Waals surface area contributed by atoms with E-state index in [1.54, 1.807) is 44.2 Å². The highest BCUT2D eigenvalue weighted by molar-refractivity contribution is 8.01. The lowest BCUT2D eigenvalue weighted by molar-refractivity contribution is -0.161. The van der Waals surface area contributed by atoms with Gasteiger partial charge in [-0.25, -0.2) is 4.79 Å². The van der Waals surface area contributed by atoms with Crippen LogP contribution in [0.4, 0.5) is 0 Å². The minimum atomic E-state index is -1.39. The second-order valence-corrected chi connectivity index (χ2v) is 8.78. The Morgan fingerprint density at radius 3 is 2.44 bits per heavy atom. The predicted octanol–water partition coefficient (Wildman–Crippen LogP) is 0.655. The molecule has 2 saturated heterocycles. The SMILES string of the molecule is CC(=O)C(Oc1ccccc1)C(=O)N[C@@H]1C(=O)N2[C@@H]1SC(C)(C)[C@@H]2C(=O)O. The molecule has 2 aliphatic heterocycles. The van der Waals surface area contributed by atoms with Crippen LogP contribution in [0.25, 0.3) is 0 Å². The highest BCUT2D eigenvalue weighted by Crippen LogP contribution is 2.50. The number of rotatable bonds is 6. The lowest BCUT2D eigenvalue weighted by Gasteiger charge is -2.43. The second kappa shape index (κ2) is 6.88. The number of carboxylic acids is 1. The Bertz CT molecular complexity index is 796. The average molecular weight is 392 g/mol. The molecule has 2 fully saturated rings. The molecule has 1 unspecified atom stereocenters. The van der Waals surface area contributed by atoms with Gasteiger partial charge in [0.2, 0.25) is 12.0 Å². The highest BCUT2D eigenvalue weighted by atomic mass is 32.2. The number of carbonyl (C=O) groups excluding carboxylic acids is 3. The van der Waals surface area contributed by atoms with Crippen molar-refractivity contribution in [1.82, 2.24) is 10.2 Å². The summed E-state index contributed by atoms with van der Waals surface area (Å²) in [5.41, 5.74) is 0. The van der Waals surface area contributed by atoms with E-state index in [9.17, 15) is 24.3 Å². The molecule has 2 heterocycles. The standard InChI is InChI=1S/C18H20N2O6S/c1-9(21)12(26-10-7-5-4-6-8-10)14(22)19-11-15(23)20-13(17(24)25)18(2,3)27-16(11)20/h4-8,11-13,16H,1-3H3,(H,19,22)(H,24,25)/t11-,12?,13+,16-/m1/s1. The molecule has 0 saturated carbocycles. The van der Waals surface area contributed by atoms with Crippen molar-refractivity contribution < 1.29 is 29.0 Å². The van der Waals surface area contributed by atoms with Crippen LogP contribution in [0.3, 0.4) is 0 Å². The fourth-order valence-electron chi connectivity index (χ4n) is 3.33. The van der Waals surface area contributed by atoms with Crippen molar-refractivity contribution in [1.29, 1.82) is 0 Å². The molecule has 0 radical (unpaired) electrons. The maximum atomic E-state index is 12.5. The van der Waals surface area contributed by atoms with Crippen molar-refractivity contribution in [2.45, 2.75) is 49.1 Å². The zero-order chi connectivity index (χ0) is 19.9. The molecule has 27 heavy (non-hydrogen) atoms. The van der Waals surface area contributed by atoms with Gasteiger partial charge >= 0.3 is 5.97 Å². The van der Waals surface area contributed by atoms with Crippen molar-refractivity contribution in [3.05, 3.63) is 30.3 Å². The highest BCUT2D eigenvalue weighted by Gasteiger charge is 2.64. The number of thioether (sulfide) groups is 1. The number of ether oxygens (including phenoxy) is 1. The third kappa shape index (κ3) is 3.39. The number of hydrogen-bond donors (Lipinski definition) is 2. The van der Waals surface area contributed by atoms with E-state index in [0.29, 0.717) is 5.75 Å². The maximum Gasteiger partial charge on any atom is 0.327 e. The zero-order valence-corrected chi connectivity index (χ0v) is 15.9. The summed E-state index contributed by atoms with van der Waals surface area (Å²) in [6.45, 7) is 4.73. The second-order valence-electron chi connectivity index (χ2n) is 7.01. The first-order valence-electron chi connectivity index (χ1n) is 8.39. The Morgan fingerprint density at radius 2 is 1.89 bits per heavy atom. The van der Waals surface area contributed by atoms with Gasteiger partial charge in [0.05, 0.1) is 0 Å². The molecule has 1 aromatic carbocycles. The molecule has 0 aliphatic carbocycles. The minimum absolute atomic E-state index is 0.358. The lowest BCUT2D eigenvalue weighted by atomic mass is 9.96. The van der Waals surface area contributed by atoms with Crippen LogP contribution in [0, 0.1) is 0 Å². The third-order valence-electron chi connectivity index (χ3n) is 4.58. The Hall–Kier alpha value is -2.55. The molecule has 0 aromatic heterocycles. The summed E-state index contributed by atoms with van der Waals surface area (Å²) < 4.78 is 4.78. The van der Waals surface area contributed by atoms with Crippen LogP contribution < -0.4 is 10.1 Å². The van der Waals surface area contributed by atoms with Crippen LogP contribution in [-0.4, -0.2) is 61.9 Å². The van der Waals surface area contributed by atoms with E-state index in [1.807, 2.05) is 0 Å². The summed E-state index contributed by atoms with van der Waals surface area (Å²) in [6, 6.07) is 6.58. The largest absolute Gasteiger partial charge is 0.480 e. The monoisotopic (exact) mass is 392 g/mol. The summed E-state index contributed by atoms with van der Waals surface area (Å²) in [5.74, 6) is -2.41. The quantitative estimate of drug-likeness (QED) is 0.540. The Balaban J connectivity index is 1.71. The number of nitrogens with one attached hydrogen (secondary N) is 1. The van der Waals surface area contributed by atoms with E-state index in [-0.39, 0.29) is 0 Å². The molecule has 9 heteroatoms. The third-order valence-corrected chi connectivity index (χ3v) is 6.15. The molecular formula is C18H20N2O6S. The first kappa shape index (κ1) is 19.2. The number of β-lactam (4-membered cyclic amide) rings is 1. The normalized spacial score (nSPS) is 26.6. The Morgan fingerprint density at radius 1 is 1.26 bits per heavy atom.